The molecule has 0 bridgehead atoms. The number of carbonyl (C=O) groups excluding carboxylic acids is 1. The zero-order valence-electron chi connectivity index (χ0n) is 13.1. The van der Waals surface area contributed by atoms with Crippen molar-refractivity contribution in [2.45, 2.75) is 32.2 Å². The average molecular weight is 333 g/mol. The van der Waals surface area contributed by atoms with Crippen LogP contribution < -0.4 is 5.32 Å². The molecule has 0 aliphatic carbocycles. The van der Waals surface area contributed by atoms with E-state index in [9.17, 15) is 9.18 Å². The minimum Gasteiger partial charge on any atom is -0.380 e. The highest BCUT2D eigenvalue weighted by atomic mass is 32.1. The van der Waals surface area contributed by atoms with Crippen LogP contribution in [-0.4, -0.2) is 34.9 Å². The van der Waals surface area contributed by atoms with Crippen molar-refractivity contribution in [1.82, 2.24) is 9.88 Å². The minimum absolute atomic E-state index is 0.112. The van der Waals surface area contributed by atoms with Crippen LogP contribution in [0.2, 0.25) is 0 Å². The molecule has 1 saturated heterocycles. The predicted molar refractivity (Wildman–Crippen MR) is 90.2 cm³/mol. The number of aromatic nitrogens is 1. The summed E-state index contributed by atoms with van der Waals surface area (Å²) < 4.78 is 13.3. The maximum atomic E-state index is 13.3. The molecule has 1 aromatic carbocycles. The monoisotopic (exact) mass is 333 g/mol. The predicted octanol–water partition coefficient (Wildman–Crippen LogP) is 3.24. The molecular weight excluding hydrogens is 313 g/mol. The standard InChI is InChI=1S/C17H20FN3OS/c1-12-19-16(11-23-12)9-17(22)21-7-3-6-15(10-21)20-14-5-2-4-13(18)8-14/h2,4-5,8,11,15,20H,3,6-7,9-10H2,1H3/t15-/m1/s1. The maximum Gasteiger partial charge on any atom is 0.228 e. The van der Waals surface area contributed by atoms with Gasteiger partial charge in [0.25, 0.3) is 0 Å². The van der Waals surface area contributed by atoms with Gasteiger partial charge in [-0.25, -0.2) is 9.37 Å². The Morgan fingerprint density at radius 2 is 2.39 bits per heavy atom. The van der Waals surface area contributed by atoms with Crippen molar-refractivity contribution in [3.8, 4) is 0 Å². The Bertz CT molecular complexity index is 688. The van der Waals surface area contributed by atoms with Crippen molar-refractivity contribution in [2.75, 3.05) is 18.4 Å². The average Bonchev–Trinajstić information content (AvgIpc) is 2.92. The van der Waals surface area contributed by atoms with Crippen LogP contribution in [0.5, 0.6) is 0 Å². The van der Waals surface area contributed by atoms with Gasteiger partial charge in [-0.05, 0) is 38.0 Å². The summed E-state index contributed by atoms with van der Waals surface area (Å²) in [6.07, 6.45) is 2.29. The van der Waals surface area contributed by atoms with Crippen LogP contribution in [0.25, 0.3) is 0 Å². The van der Waals surface area contributed by atoms with Crippen LogP contribution in [0, 0.1) is 12.7 Å². The number of nitrogens with zero attached hydrogens (tertiary/aromatic N) is 2. The molecule has 2 aromatic rings. The van der Waals surface area contributed by atoms with Crippen molar-refractivity contribution in [2.24, 2.45) is 0 Å². The van der Waals surface area contributed by atoms with Gasteiger partial charge in [-0.1, -0.05) is 6.07 Å². The number of anilines is 1. The number of rotatable bonds is 4. The third-order valence-electron chi connectivity index (χ3n) is 3.97. The van der Waals surface area contributed by atoms with Gasteiger partial charge in [0, 0.05) is 30.2 Å². The highest BCUT2D eigenvalue weighted by molar-refractivity contribution is 7.09. The summed E-state index contributed by atoms with van der Waals surface area (Å²) in [4.78, 5) is 18.7. The first-order valence-electron chi connectivity index (χ1n) is 7.81. The summed E-state index contributed by atoms with van der Waals surface area (Å²) >= 11 is 1.57. The zero-order chi connectivity index (χ0) is 16.2. The van der Waals surface area contributed by atoms with Gasteiger partial charge in [-0.3, -0.25) is 4.79 Å². The largest absolute Gasteiger partial charge is 0.380 e. The second-order valence-corrected chi connectivity index (χ2v) is 6.93. The van der Waals surface area contributed by atoms with E-state index in [1.54, 1.807) is 17.4 Å². The quantitative estimate of drug-likeness (QED) is 0.934. The van der Waals surface area contributed by atoms with Crippen LogP contribution in [0.3, 0.4) is 0 Å². The maximum absolute atomic E-state index is 13.3. The van der Waals surface area contributed by atoms with Crippen molar-refractivity contribution >= 4 is 22.9 Å². The van der Waals surface area contributed by atoms with Crippen LogP contribution >= 0.6 is 11.3 Å². The Morgan fingerprint density at radius 3 is 3.13 bits per heavy atom. The van der Waals surface area contributed by atoms with E-state index < -0.39 is 0 Å². The number of likely N-dealkylation sites (tertiary alicyclic amines) is 1. The minimum atomic E-state index is -0.252. The molecule has 1 fully saturated rings. The van der Waals surface area contributed by atoms with Crippen LogP contribution in [-0.2, 0) is 11.2 Å². The van der Waals surface area contributed by atoms with Crippen LogP contribution in [0.1, 0.15) is 23.5 Å². The van der Waals surface area contributed by atoms with E-state index in [0.29, 0.717) is 13.0 Å². The molecule has 0 unspecified atom stereocenters. The van der Waals surface area contributed by atoms with Crippen molar-refractivity contribution in [1.29, 1.82) is 0 Å². The summed E-state index contributed by atoms with van der Waals surface area (Å²) in [5.41, 5.74) is 1.61. The van der Waals surface area contributed by atoms with E-state index in [0.717, 1.165) is 35.8 Å². The van der Waals surface area contributed by atoms with Gasteiger partial charge in [-0.2, -0.15) is 0 Å². The fourth-order valence-electron chi connectivity index (χ4n) is 2.89. The number of nitrogens with one attached hydrogen (secondary N) is 1. The fraction of sp³-hybridized carbons (Fsp3) is 0.412. The number of carbonyl (C=O) groups is 1. The van der Waals surface area contributed by atoms with Gasteiger partial charge in [-0.15, -0.1) is 11.3 Å². The van der Waals surface area contributed by atoms with Crippen LogP contribution in [0.4, 0.5) is 10.1 Å². The lowest BCUT2D eigenvalue weighted by Gasteiger charge is -2.33. The molecule has 0 radical (unpaired) electrons. The highest BCUT2D eigenvalue weighted by Crippen LogP contribution is 2.18. The van der Waals surface area contributed by atoms with E-state index in [1.807, 2.05) is 23.3 Å². The second kappa shape index (κ2) is 7.08. The molecule has 122 valence electrons. The molecular formula is C17H20FN3OS. The lowest BCUT2D eigenvalue weighted by atomic mass is 10.0. The Balaban J connectivity index is 1.58. The molecule has 1 aliphatic heterocycles. The summed E-state index contributed by atoms with van der Waals surface area (Å²) in [5.74, 6) is -0.140. The van der Waals surface area contributed by atoms with Crippen molar-refractivity contribution < 1.29 is 9.18 Å². The third kappa shape index (κ3) is 4.28. The number of thiazole rings is 1. The smallest absolute Gasteiger partial charge is 0.228 e. The van der Waals surface area contributed by atoms with Gasteiger partial charge >= 0.3 is 0 Å². The van der Waals surface area contributed by atoms with Gasteiger partial charge in [0.2, 0.25) is 5.91 Å². The van der Waals surface area contributed by atoms with E-state index in [4.69, 9.17) is 0 Å². The zero-order valence-corrected chi connectivity index (χ0v) is 13.9. The van der Waals surface area contributed by atoms with E-state index in [2.05, 4.69) is 10.3 Å². The van der Waals surface area contributed by atoms with E-state index in [1.165, 1.54) is 12.1 Å². The molecule has 1 aliphatic rings. The number of amides is 1. The molecule has 4 nitrogen and oxygen atoms in total. The number of piperidine rings is 1. The van der Waals surface area contributed by atoms with Crippen molar-refractivity contribution in [3.63, 3.8) is 0 Å². The molecule has 1 atom stereocenters. The second-order valence-electron chi connectivity index (χ2n) is 5.87. The van der Waals surface area contributed by atoms with E-state index in [-0.39, 0.29) is 17.8 Å². The van der Waals surface area contributed by atoms with Gasteiger partial charge in [0.05, 0.1) is 17.1 Å². The first-order valence-corrected chi connectivity index (χ1v) is 8.69. The molecule has 3 rings (SSSR count). The topological polar surface area (TPSA) is 45.2 Å². The van der Waals surface area contributed by atoms with Gasteiger partial charge in [0.1, 0.15) is 5.82 Å². The summed E-state index contributed by atoms with van der Waals surface area (Å²) in [6, 6.07) is 6.61. The molecule has 2 heterocycles. The molecule has 1 amide bonds. The lowest BCUT2D eigenvalue weighted by molar-refractivity contribution is -0.131. The van der Waals surface area contributed by atoms with Crippen LogP contribution in [0.15, 0.2) is 29.6 Å². The Kier molecular flexibility index (Phi) is 4.91. The number of benzene rings is 1. The molecule has 6 heteroatoms. The van der Waals surface area contributed by atoms with Gasteiger partial charge < -0.3 is 10.2 Å². The summed E-state index contributed by atoms with van der Waals surface area (Å²) in [6.45, 7) is 3.38. The SMILES string of the molecule is Cc1nc(CC(=O)N2CCC[C@@H](Nc3cccc(F)c3)C2)cs1. The molecule has 1 N–H and O–H groups in total. The number of halogens is 1. The summed E-state index contributed by atoms with van der Waals surface area (Å²) in [7, 11) is 0. The molecule has 0 spiro atoms. The fourth-order valence-corrected chi connectivity index (χ4v) is 3.50. The number of aryl methyl sites for hydroxylation is 1. The first-order chi connectivity index (χ1) is 11.1. The Hall–Kier alpha value is -1.95. The molecule has 23 heavy (non-hydrogen) atoms. The highest BCUT2D eigenvalue weighted by Gasteiger charge is 2.24. The Labute approximate surface area is 139 Å². The van der Waals surface area contributed by atoms with E-state index >= 15 is 0 Å². The molecule has 1 aromatic heterocycles. The lowest BCUT2D eigenvalue weighted by Crippen LogP contribution is -2.45. The van der Waals surface area contributed by atoms with Crippen molar-refractivity contribution in [3.05, 3.63) is 46.2 Å². The first kappa shape index (κ1) is 15.9. The molecule has 0 saturated carbocycles. The number of hydrogen-bond acceptors (Lipinski definition) is 4. The van der Waals surface area contributed by atoms with Gasteiger partial charge in [0.15, 0.2) is 0 Å². The normalized spacial score (nSPS) is 18.0. The third-order valence-corrected chi connectivity index (χ3v) is 4.79. The number of hydrogen-bond donors (Lipinski definition) is 1. The Morgan fingerprint density at radius 1 is 1.52 bits per heavy atom. The summed E-state index contributed by atoms with van der Waals surface area (Å²) in [5, 5.41) is 6.25.